The van der Waals surface area contributed by atoms with Gasteiger partial charge in [0.2, 0.25) is 5.43 Å². The number of hydrogen-bond acceptors (Lipinski definition) is 4. The molecule has 7 heteroatoms. The van der Waals surface area contributed by atoms with Gasteiger partial charge < -0.3 is 19.2 Å². The van der Waals surface area contributed by atoms with Gasteiger partial charge in [0.05, 0.1) is 37.9 Å². The Hall–Kier alpha value is -3.09. The van der Waals surface area contributed by atoms with Gasteiger partial charge in [-0.1, -0.05) is 0 Å². The molecule has 0 aliphatic carbocycles. The van der Waals surface area contributed by atoms with Crippen molar-refractivity contribution in [3.8, 4) is 28.5 Å². The van der Waals surface area contributed by atoms with Crippen molar-refractivity contribution in [1.29, 1.82) is 0 Å². The Labute approximate surface area is 141 Å². The van der Waals surface area contributed by atoms with E-state index in [0.29, 0.717) is 17.0 Å². The smallest absolute Gasteiger partial charge is 0.235 e. The highest BCUT2D eigenvalue weighted by molar-refractivity contribution is 5.90. The second-order valence-corrected chi connectivity index (χ2v) is 5.27. The Morgan fingerprint density at radius 1 is 0.880 bits per heavy atom. The van der Waals surface area contributed by atoms with Crippen molar-refractivity contribution in [2.75, 3.05) is 21.3 Å². The van der Waals surface area contributed by atoms with E-state index in [1.54, 1.807) is 12.1 Å². The monoisotopic (exact) mass is 347 g/mol. The Morgan fingerprint density at radius 3 is 2.12 bits per heavy atom. The zero-order valence-corrected chi connectivity index (χ0v) is 13.8. The van der Waals surface area contributed by atoms with Gasteiger partial charge in [-0.05, 0) is 12.1 Å². The highest BCUT2D eigenvalue weighted by atomic mass is 19.1. The largest absolute Gasteiger partial charge is 0.497 e. The van der Waals surface area contributed by atoms with Gasteiger partial charge in [-0.3, -0.25) is 4.79 Å². The average molecular weight is 347 g/mol. The average Bonchev–Trinajstić information content (AvgIpc) is 2.59. The summed E-state index contributed by atoms with van der Waals surface area (Å²) in [4.78, 5) is 15.8. The van der Waals surface area contributed by atoms with Crippen LogP contribution in [0.4, 0.5) is 8.78 Å². The van der Waals surface area contributed by atoms with Crippen LogP contribution in [0.2, 0.25) is 0 Å². The summed E-state index contributed by atoms with van der Waals surface area (Å²) in [5, 5.41) is 0.251. The number of hydrogen-bond donors (Lipinski definition) is 1. The molecule has 2 aromatic carbocycles. The SMILES string of the molecule is COc1cc(OC)c2c(=O)c(OC)c(-c3cc(F)cc(F)c3)[nH]c2c1. The van der Waals surface area contributed by atoms with Gasteiger partial charge in [0.15, 0.2) is 5.75 Å². The highest BCUT2D eigenvalue weighted by Crippen LogP contribution is 2.34. The van der Waals surface area contributed by atoms with Crippen LogP contribution in [-0.2, 0) is 0 Å². The summed E-state index contributed by atoms with van der Waals surface area (Å²) in [6.45, 7) is 0. The third kappa shape index (κ3) is 2.88. The van der Waals surface area contributed by atoms with Gasteiger partial charge in [-0.15, -0.1) is 0 Å². The molecule has 25 heavy (non-hydrogen) atoms. The standard InChI is InChI=1S/C18H15F2NO4/c1-23-12-7-13-15(14(8-12)24-2)17(22)18(25-3)16(21-13)9-4-10(19)6-11(20)5-9/h4-8H,1-3H3,(H,21,22). The third-order valence-electron chi connectivity index (χ3n) is 3.81. The van der Waals surface area contributed by atoms with Crippen LogP contribution in [0.15, 0.2) is 35.1 Å². The molecule has 3 aromatic rings. The number of nitrogens with one attached hydrogen (secondary N) is 1. The summed E-state index contributed by atoms with van der Waals surface area (Å²) in [5.74, 6) is -0.837. The van der Waals surface area contributed by atoms with Gasteiger partial charge in [0.25, 0.3) is 0 Å². The predicted molar refractivity (Wildman–Crippen MR) is 89.6 cm³/mol. The number of rotatable bonds is 4. The van der Waals surface area contributed by atoms with Crippen molar-refractivity contribution in [2.45, 2.75) is 0 Å². The van der Waals surface area contributed by atoms with Crippen LogP contribution in [-0.4, -0.2) is 26.3 Å². The molecular weight excluding hydrogens is 332 g/mol. The minimum Gasteiger partial charge on any atom is -0.497 e. The van der Waals surface area contributed by atoms with Crippen LogP contribution in [0.3, 0.4) is 0 Å². The maximum absolute atomic E-state index is 13.6. The summed E-state index contributed by atoms with van der Waals surface area (Å²) < 4.78 is 42.8. The first kappa shape index (κ1) is 16.8. The van der Waals surface area contributed by atoms with E-state index in [-0.39, 0.29) is 22.4 Å². The van der Waals surface area contributed by atoms with Crippen LogP contribution in [0, 0.1) is 11.6 Å². The zero-order chi connectivity index (χ0) is 18.1. The molecule has 0 saturated heterocycles. The first-order valence-corrected chi connectivity index (χ1v) is 7.31. The number of benzene rings is 2. The molecule has 0 bridgehead atoms. The van der Waals surface area contributed by atoms with Crippen molar-refractivity contribution in [3.63, 3.8) is 0 Å². The molecule has 0 unspecified atom stereocenters. The number of ether oxygens (including phenoxy) is 3. The van der Waals surface area contributed by atoms with E-state index >= 15 is 0 Å². The van der Waals surface area contributed by atoms with Crippen molar-refractivity contribution < 1.29 is 23.0 Å². The van der Waals surface area contributed by atoms with E-state index in [2.05, 4.69) is 4.98 Å². The lowest BCUT2D eigenvalue weighted by molar-refractivity contribution is 0.396. The maximum atomic E-state index is 13.6. The van der Waals surface area contributed by atoms with Crippen LogP contribution in [0.1, 0.15) is 0 Å². The lowest BCUT2D eigenvalue weighted by Crippen LogP contribution is -2.11. The fourth-order valence-corrected chi connectivity index (χ4v) is 2.72. The maximum Gasteiger partial charge on any atom is 0.235 e. The Morgan fingerprint density at radius 2 is 1.56 bits per heavy atom. The third-order valence-corrected chi connectivity index (χ3v) is 3.81. The molecule has 5 nitrogen and oxygen atoms in total. The predicted octanol–water partition coefficient (Wildman–Crippen LogP) is 3.50. The van der Waals surface area contributed by atoms with E-state index in [1.165, 1.54) is 21.3 Å². The molecule has 0 spiro atoms. The molecule has 1 N–H and O–H groups in total. The number of methoxy groups -OCH3 is 3. The fourth-order valence-electron chi connectivity index (χ4n) is 2.72. The normalized spacial score (nSPS) is 10.8. The number of halogens is 2. The van der Waals surface area contributed by atoms with Gasteiger partial charge in [-0.2, -0.15) is 0 Å². The first-order chi connectivity index (χ1) is 12.0. The van der Waals surface area contributed by atoms with Crippen LogP contribution in [0.5, 0.6) is 17.2 Å². The van der Waals surface area contributed by atoms with Crippen molar-refractivity contribution in [1.82, 2.24) is 4.98 Å². The number of aromatic amines is 1. The van der Waals surface area contributed by atoms with Crippen molar-refractivity contribution in [2.24, 2.45) is 0 Å². The molecule has 0 saturated carbocycles. The topological polar surface area (TPSA) is 60.6 Å². The van der Waals surface area contributed by atoms with E-state index < -0.39 is 17.1 Å². The van der Waals surface area contributed by atoms with Gasteiger partial charge >= 0.3 is 0 Å². The second kappa shape index (κ2) is 6.43. The molecule has 0 amide bonds. The number of fused-ring (bicyclic) bond motifs is 1. The molecule has 0 radical (unpaired) electrons. The molecular formula is C18H15F2NO4. The lowest BCUT2D eigenvalue weighted by Gasteiger charge is -2.14. The highest BCUT2D eigenvalue weighted by Gasteiger charge is 2.19. The number of pyridine rings is 1. The lowest BCUT2D eigenvalue weighted by atomic mass is 10.1. The summed E-state index contributed by atoms with van der Waals surface area (Å²) >= 11 is 0. The second-order valence-electron chi connectivity index (χ2n) is 5.27. The van der Waals surface area contributed by atoms with Gasteiger partial charge in [0, 0.05) is 23.8 Å². The van der Waals surface area contributed by atoms with Crippen LogP contribution >= 0.6 is 0 Å². The van der Waals surface area contributed by atoms with Crippen LogP contribution in [0.25, 0.3) is 22.2 Å². The molecule has 1 aromatic heterocycles. The van der Waals surface area contributed by atoms with E-state index in [9.17, 15) is 13.6 Å². The molecule has 130 valence electrons. The molecule has 0 atom stereocenters. The Balaban J connectivity index is 2.42. The minimum atomic E-state index is -0.763. The van der Waals surface area contributed by atoms with Crippen molar-refractivity contribution >= 4 is 10.9 Å². The molecule has 0 aliphatic rings. The summed E-state index contributed by atoms with van der Waals surface area (Å²) in [7, 11) is 4.21. The fraction of sp³-hybridized carbons (Fsp3) is 0.167. The molecule has 3 rings (SSSR count). The van der Waals surface area contributed by atoms with Crippen molar-refractivity contribution in [3.05, 3.63) is 52.2 Å². The zero-order valence-electron chi connectivity index (χ0n) is 13.8. The van der Waals surface area contributed by atoms with Gasteiger partial charge in [0.1, 0.15) is 23.1 Å². The minimum absolute atomic E-state index is 0.0685. The molecule has 0 aliphatic heterocycles. The summed E-state index contributed by atoms with van der Waals surface area (Å²) in [5.41, 5.74) is 0.237. The summed E-state index contributed by atoms with van der Waals surface area (Å²) in [6.07, 6.45) is 0. The van der Waals surface area contributed by atoms with E-state index in [4.69, 9.17) is 14.2 Å². The quantitative estimate of drug-likeness (QED) is 0.785. The summed E-state index contributed by atoms with van der Waals surface area (Å²) in [6, 6.07) is 6.14. The molecule has 1 heterocycles. The first-order valence-electron chi connectivity index (χ1n) is 7.31. The number of aromatic nitrogens is 1. The number of H-pyrrole nitrogens is 1. The Kier molecular flexibility index (Phi) is 4.31. The Bertz CT molecular complexity index is 994. The molecule has 0 fully saturated rings. The van der Waals surface area contributed by atoms with Gasteiger partial charge in [-0.25, -0.2) is 8.78 Å². The van der Waals surface area contributed by atoms with E-state index in [0.717, 1.165) is 18.2 Å². The van der Waals surface area contributed by atoms with E-state index in [1.807, 2.05) is 0 Å². The van der Waals surface area contributed by atoms with Crippen LogP contribution < -0.4 is 19.6 Å².